The Balaban J connectivity index is 1.60. The van der Waals surface area contributed by atoms with E-state index in [2.05, 4.69) is 61.1 Å². The number of hydrogen-bond donors (Lipinski definition) is 1. The SMILES string of the molecule is CN(Cc1cc(=O)n2cccc(O)c2n1)C[C@]1(c2ccccc2)CC1(C)C. The molecule has 0 bridgehead atoms. The molecule has 2 heterocycles. The quantitative estimate of drug-likeness (QED) is 0.756. The molecule has 2 aromatic heterocycles. The van der Waals surface area contributed by atoms with Gasteiger partial charge in [-0.1, -0.05) is 44.2 Å². The zero-order valence-electron chi connectivity index (χ0n) is 16.0. The number of aromatic nitrogens is 2. The van der Waals surface area contributed by atoms with Crippen LogP contribution in [0.1, 0.15) is 31.5 Å². The van der Waals surface area contributed by atoms with Crippen molar-refractivity contribution in [3.63, 3.8) is 0 Å². The van der Waals surface area contributed by atoms with Crippen molar-refractivity contribution in [3.05, 3.63) is 76.3 Å². The van der Waals surface area contributed by atoms with Gasteiger partial charge in [-0.05, 0) is 36.6 Å². The Morgan fingerprint density at radius 3 is 2.56 bits per heavy atom. The van der Waals surface area contributed by atoms with Crippen molar-refractivity contribution in [2.24, 2.45) is 5.41 Å². The molecule has 4 rings (SSSR count). The normalized spacial score (nSPS) is 20.9. The van der Waals surface area contributed by atoms with Crippen molar-refractivity contribution in [1.82, 2.24) is 14.3 Å². The van der Waals surface area contributed by atoms with E-state index in [0.717, 1.165) is 13.0 Å². The minimum Gasteiger partial charge on any atom is -0.504 e. The number of hydrogen-bond acceptors (Lipinski definition) is 4. The highest BCUT2D eigenvalue weighted by molar-refractivity contribution is 5.52. The summed E-state index contributed by atoms with van der Waals surface area (Å²) in [5.74, 6) is 0.0168. The molecule has 1 N–H and O–H groups in total. The van der Waals surface area contributed by atoms with Gasteiger partial charge in [-0.2, -0.15) is 0 Å². The summed E-state index contributed by atoms with van der Waals surface area (Å²) in [7, 11) is 2.06. The van der Waals surface area contributed by atoms with Crippen molar-refractivity contribution in [1.29, 1.82) is 0 Å². The zero-order chi connectivity index (χ0) is 19.2. The van der Waals surface area contributed by atoms with E-state index >= 15 is 0 Å². The second-order valence-electron chi connectivity index (χ2n) is 8.35. The molecule has 0 saturated heterocycles. The monoisotopic (exact) mass is 363 g/mol. The fraction of sp³-hybridized carbons (Fsp3) is 0.364. The molecule has 1 fully saturated rings. The van der Waals surface area contributed by atoms with E-state index in [0.29, 0.717) is 17.9 Å². The third kappa shape index (κ3) is 3.02. The highest BCUT2D eigenvalue weighted by Gasteiger charge is 2.61. The van der Waals surface area contributed by atoms with E-state index < -0.39 is 0 Å². The van der Waals surface area contributed by atoms with Gasteiger partial charge in [0, 0.05) is 30.8 Å². The molecule has 140 valence electrons. The van der Waals surface area contributed by atoms with Crippen LogP contribution in [0.5, 0.6) is 5.75 Å². The van der Waals surface area contributed by atoms with Gasteiger partial charge in [0.15, 0.2) is 11.4 Å². The van der Waals surface area contributed by atoms with Gasteiger partial charge in [0.2, 0.25) is 0 Å². The molecular weight excluding hydrogens is 338 g/mol. The smallest absolute Gasteiger partial charge is 0.258 e. The van der Waals surface area contributed by atoms with Crippen LogP contribution >= 0.6 is 0 Å². The molecule has 1 aliphatic carbocycles. The third-order valence-corrected chi connectivity index (χ3v) is 5.94. The van der Waals surface area contributed by atoms with Gasteiger partial charge in [-0.3, -0.25) is 14.1 Å². The van der Waals surface area contributed by atoms with E-state index in [9.17, 15) is 9.90 Å². The summed E-state index contributed by atoms with van der Waals surface area (Å²) in [6, 6.07) is 15.4. The predicted octanol–water partition coefficient (Wildman–Crippen LogP) is 3.20. The standard InChI is InChI=1S/C22H25N3O2/c1-21(2)14-22(21,16-8-5-4-6-9-16)15-24(3)13-17-12-19(27)25-11-7-10-18(26)20(25)23-17/h4-12,26H,13-15H2,1-3H3/t22-/m0/s1. The molecule has 0 spiro atoms. The number of nitrogens with zero attached hydrogens (tertiary/aromatic N) is 3. The van der Waals surface area contributed by atoms with E-state index in [-0.39, 0.29) is 22.1 Å². The molecule has 3 aromatic rings. The Kier molecular flexibility index (Phi) is 4.07. The average Bonchev–Trinajstić information content (AvgIpc) is 3.18. The molecule has 1 aromatic carbocycles. The first kappa shape index (κ1) is 17.7. The van der Waals surface area contributed by atoms with Gasteiger partial charge in [0.1, 0.15) is 0 Å². The maximum absolute atomic E-state index is 12.3. The highest BCUT2D eigenvalue weighted by Crippen LogP contribution is 2.64. The molecule has 5 nitrogen and oxygen atoms in total. The van der Waals surface area contributed by atoms with Crippen LogP contribution in [0.3, 0.4) is 0 Å². The number of pyridine rings is 1. The van der Waals surface area contributed by atoms with Gasteiger partial charge in [-0.15, -0.1) is 0 Å². The van der Waals surface area contributed by atoms with Gasteiger partial charge in [0.05, 0.1) is 5.69 Å². The van der Waals surface area contributed by atoms with Crippen LogP contribution in [0.15, 0.2) is 59.5 Å². The number of likely N-dealkylation sites (N-methyl/N-ethyl adjacent to an activating group) is 1. The molecule has 27 heavy (non-hydrogen) atoms. The molecule has 0 unspecified atom stereocenters. The van der Waals surface area contributed by atoms with E-state index in [4.69, 9.17) is 0 Å². The lowest BCUT2D eigenvalue weighted by Crippen LogP contribution is -2.32. The van der Waals surface area contributed by atoms with Gasteiger partial charge in [0.25, 0.3) is 5.56 Å². The van der Waals surface area contributed by atoms with Gasteiger partial charge in [-0.25, -0.2) is 4.98 Å². The molecule has 0 amide bonds. The van der Waals surface area contributed by atoms with Crippen LogP contribution in [-0.4, -0.2) is 33.0 Å². The molecular formula is C22H25N3O2. The lowest BCUT2D eigenvalue weighted by Gasteiger charge is -2.27. The average molecular weight is 363 g/mol. The Hall–Kier alpha value is -2.66. The number of benzene rings is 1. The maximum atomic E-state index is 12.3. The predicted molar refractivity (Wildman–Crippen MR) is 106 cm³/mol. The number of aromatic hydroxyl groups is 1. The number of rotatable bonds is 5. The minimum absolute atomic E-state index is 0.0168. The summed E-state index contributed by atoms with van der Waals surface area (Å²) in [4.78, 5) is 19.1. The summed E-state index contributed by atoms with van der Waals surface area (Å²) < 4.78 is 1.37. The Morgan fingerprint density at radius 1 is 1.19 bits per heavy atom. The first-order valence-corrected chi connectivity index (χ1v) is 9.27. The fourth-order valence-corrected chi connectivity index (χ4v) is 4.35. The van der Waals surface area contributed by atoms with Crippen LogP contribution in [0.2, 0.25) is 0 Å². The van der Waals surface area contributed by atoms with E-state index in [1.165, 1.54) is 9.96 Å². The summed E-state index contributed by atoms with van der Waals surface area (Å²) >= 11 is 0. The van der Waals surface area contributed by atoms with Crippen molar-refractivity contribution < 1.29 is 5.11 Å². The largest absolute Gasteiger partial charge is 0.504 e. The first-order chi connectivity index (χ1) is 12.8. The van der Waals surface area contributed by atoms with Crippen LogP contribution < -0.4 is 5.56 Å². The Labute approximate surface area is 158 Å². The van der Waals surface area contributed by atoms with E-state index in [1.807, 2.05) is 0 Å². The van der Waals surface area contributed by atoms with E-state index in [1.54, 1.807) is 24.4 Å². The van der Waals surface area contributed by atoms with Crippen molar-refractivity contribution in [3.8, 4) is 5.75 Å². The van der Waals surface area contributed by atoms with Crippen molar-refractivity contribution in [2.75, 3.05) is 13.6 Å². The summed E-state index contributed by atoms with van der Waals surface area (Å²) in [6.45, 7) is 6.08. The highest BCUT2D eigenvalue weighted by atomic mass is 16.3. The maximum Gasteiger partial charge on any atom is 0.258 e. The Bertz CT molecular complexity index is 1040. The lowest BCUT2D eigenvalue weighted by atomic mass is 9.87. The van der Waals surface area contributed by atoms with Crippen LogP contribution in [0.4, 0.5) is 0 Å². The van der Waals surface area contributed by atoms with Crippen LogP contribution in [0.25, 0.3) is 5.65 Å². The molecule has 1 atom stereocenters. The summed E-state index contributed by atoms with van der Waals surface area (Å²) in [5, 5.41) is 10.0. The topological polar surface area (TPSA) is 57.8 Å². The molecule has 0 radical (unpaired) electrons. The van der Waals surface area contributed by atoms with Gasteiger partial charge < -0.3 is 5.11 Å². The molecule has 0 aliphatic heterocycles. The molecule has 1 aliphatic rings. The van der Waals surface area contributed by atoms with Crippen molar-refractivity contribution in [2.45, 2.75) is 32.2 Å². The lowest BCUT2D eigenvalue weighted by molar-refractivity contribution is 0.268. The Morgan fingerprint density at radius 2 is 1.89 bits per heavy atom. The molecule has 5 heteroatoms. The first-order valence-electron chi connectivity index (χ1n) is 9.27. The number of fused-ring (bicyclic) bond motifs is 1. The molecule has 1 saturated carbocycles. The summed E-state index contributed by atoms with van der Waals surface area (Å²) in [6.07, 6.45) is 2.76. The zero-order valence-corrected chi connectivity index (χ0v) is 16.0. The fourth-order valence-electron chi connectivity index (χ4n) is 4.35. The third-order valence-electron chi connectivity index (χ3n) is 5.94. The van der Waals surface area contributed by atoms with Crippen LogP contribution in [-0.2, 0) is 12.0 Å². The summed E-state index contributed by atoms with van der Waals surface area (Å²) in [5.41, 5.74) is 2.53. The van der Waals surface area contributed by atoms with Gasteiger partial charge >= 0.3 is 0 Å². The minimum atomic E-state index is -0.177. The van der Waals surface area contributed by atoms with Crippen molar-refractivity contribution >= 4 is 5.65 Å². The second-order valence-corrected chi connectivity index (χ2v) is 8.35. The van der Waals surface area contributed by atoms with Crippen LogP contribution in [0, 0.1) is 5.41 Å². The second kappa shape index (κ2) is 6.20.